The minimum absolute atomic E-state index is 0.535. The largest absolute Gasteiger partial charge is 0.487 e. The summed E-state index contributed by atoms with van der Waals surface area (Å²) in [5, 5.41) is 3.97. The van der Waals surface area contributed by atoms with Crippen molar-refractivity contribution in [2.45, 2.75) is 33.4 Å². The molecule has 0 fully saturated rings. The van der Waals surface area contributed by atoms with Gasteiger partial charge in [0, 0.05) is 12.1 Å². The van der Waals surface area contributed by atoms with E-state index in [1.807, 2.05) is 18.2 Å². The maximum Gasteiger partial charge on any atom is 0.142 e. The van der Waals surface area contributed by atoms with E-state index < -0.39 is 0 Å². The van der Waals surface area contributed by atoms with Crippen molar-refractivity contribution >= 4 is 11.6 Å². The van der Waals surface area contributed by atoms with Gasteiger partial charge in [-0.25, -0.2) is 0 Å². The summed E-state index contributed by atoms with van der Waals surface area (Å²) in [6.07, 6.45) is 1.05. The minimum atomic E-state index is 0.535. The number of ether oxygens (including phenoxy) is 1. The Morgan fingerprint density at radius 1 is 1.00 bits per heavy atom. The molecule has 0 unspecified atom stereocenters. The highest BCUT2D eigenvalue weighted by Crippen LogP contribution is 2.29. The predicted molar refractivity (Wildman–Crippen MR) is 89.0 cm³/mol. The third kappa shape index (κ3) is 4.48. The highest BCUT2D eigenvalue weighted by Gasteiger charge is 2.08. The maximum absolute atomic E-state index is 6.27. The van der Waals surface area contributed by atoms with Crippen LogP contribution in [0, 0.1) is 0 Å². The Labute approximate surface area is 132 Å². The van der Waals surface area contributed by atoms with E-state index in [9.17, 15) is 0 Å². The number of benzene rings is 2. The Morgan fingerprint density at radius 2 is 1.71 bits per heavy atom. The first-order valence-electron chi connectivity index (χ1n) is 7.43. The third-order valence-corrected chi connectivity index (χ3v) is 3.73. The molecule has 0 aliphatic carbocycles. The van der Waals surface area contributed by atoms with Crippen molar-refractivity contribution in [2.75, 3.05) is 6.54 Å². The van der Waals surface area contributed by atoms with Crippen LogP contribution in [0.25, 0.3) is 0 Å². The zero-order valence-corrected chi connectivity index (χ0v) is 13.4. The molecule has 0 radical (unpaired) electrons. The van der Waals surface area contributed by atoms with E-state index in [1.165, 1.54) is 5.56 Å². The van der Waals surface area contributed by atoms with Gasteiger partial charge >= 0.3 is 0 Å². The number of hydrogen-bond donors (Lipinski definition) is 1. The van der Waals surface area contributed by atoms with Gasteiger partial charge in [0.2, 0.25) is 0 Å². The van der Waals surface area contributed by atoms with Gasteiger partial charge in [-0.05, 0) is 30.2 Å². The van der Waals surface area contributed by atoms with Gasteiger partial charge < -0.3 is 10.1 Å². The average molecular weight is 304 g/mol. The molecule has 0 aliphatic heterocycles. The highest BCUT2D eigenvalue weighted by molar-refractivity contribution is 6.32. The van der Waals surface area contributed by atoms with E-state index >= 15 is 0 Å². The standard InChI is InChI=1S/C18H22ClNO/c1-3-14-8-10-15(11-9-14)13-21-18-16(12-20-4-2)6-5-7-17(18)19/h5-11,20H,3-4,12-13H2,1-2H3. The summed E-state index contributed by atoms with van der Waals surface area (Å²) in [7, 11) is 0. The van der Waals surface area contributed by atoms with Crippen LogP contribution in [0.4, 0.5) is 0 Å². The monoisotopic (exact) mass is 303 g/mol. The summed E-state index contributed by atoms with van der Waals surface area (Å²) >= 11 is 6.27. The smallest absolute Gasteiger partial charge is 0.142 e. The second-order valence-corrected chi connectivity index (χ2v) is 5.37. The first-order valence-corrected chi connectivity index (χ1v) is 7.81. The van der Waals surface area contributed by atoms with Crippen LogP contribution in [0.3, 0.4) is 0 Å². The molecule has 21 heavy (non-hydrogen) atoms. The molecule has 0 aromatic heterocycles. The summed E-state index contributed by atoms with van der Waals surface area (Å²) in [5.74, 6) is 0.777. The zero-order valence-electron chi connectivity index (χ0n) is 12.7. The quantitative estimate of drug-likeness (QED) is 0.807. The van der Waals surface area contributed by atoms with E-state index in [2.05, 4.69) is 43.4 Å². The number of para-hydroxylation sites is 1. The molecule has 0 atom stereocenters. The normalized spacial score (nSPS) is 10.6. The first kappa shape index (κ1) is 15.9. The van der Waals surface area contributed by atoms with Crippen molar-refractivity contribution in [2.24, 2.45) is 0 Å². The predicted octanol–water partition coefficient (Wildman–Crippen LogP) is 4.59. The molecule has 0 saturated carbocycles. The van der Waals surface area contributed by atoms with Crippen molar-refractivity contribution in [3.63, 3.8) is 0 Å². The Morgan fingerprint density at radius 3 is 2.38 bits per heavy atom. The van der Waals surface area contributed by atoms with Crippen LogP contribution < -0.4 is 10.1 Å². The topological polar surface area (TPSA) is 21.3 Å². The van der Waals surface area contributed by atoms with Crippen molar-refractivity contribution in [3.8, 4) is 5.75 Å². The van der Waals surface area contributed by atoms with Gasteiger partial charge in [-0.1, -0.05) is 61.8 Å². The Hall–Kier alpha value is -1.51. The number of rotatable bonds is 7. The lowest BCUT2D eigenvalue weighted by Crippen LogP contribution is -2.13. The molecule has 0 aliphatic rings. The van der Waals surface area contributed by atoms with Crippen molar-refractivity contribution in [3.05, 3.63) is 64.2 Å². The molecule has 2 aromatic carbocycles. The second-order valence-electron chi connectivity index (χ2n) is 4.97. The second kappa shape index (κ2) is 8.06. The van der Waals surface area contributed by atoms with Crippen LogP contribution in [0.1, 0.15) is 30.5 Å². The molecular weight excluding hydrogens is 282 g/mol. The fourth-order valence-corrected chi connectivity index (χ4v) is 2.39. The SMILES string of the molecule is CCNCc1cccc(Cl)c1OCc1ccc(CC)cc1. The molecule has 0 spiro atoms. The highest BCUT2D eigenvalue weighted by atomic mass is 35.5. The van der Waals surface area contributed by atoms with E-state index in [1.54, 1.807) is 0 Å². The van der Waals surface area contributed by atoms with Gasteiger partial charge in [-0.15, -0.1) is 0 Å². The number of nitrogens with one attached hydrogen (secondary N) is 1. The maximum atomic E-state index is 6.27. The summed E-state index contributed by atoms with van der Waals surface area (Å²) in [5.41, 5.74) is 3.58. The number of halogens is 1. The molecule has 0 bridgehead atoms. The Kier molecular flexibility index (Phi) is 6.09. The Balaban J connectivity index is 2.07. The lowest BCUT2D eigenvalue weighted by molar-refractivity contribution is 0.302. The summed E-state index contributed by atoms with van der Waals surface area (Å²) in [4.78, 5) is 0. The lowest BCUT2D eigenvalue weighted by atomic mass is 10.1. The van der Waals surface area contributed by atoms with Crippen LogP contribution >= 0.6 is 11.6 Å². The van der Waals surface area contributed by atoms with Crippen molar-refractivity contribution < 1.29 is 4.74 Å². The molecule has 2 nitrogen and oxygen atoms in total. The molecule has 2 aromatic rings. The van der Waals surface area contributed by atoms with E-state index in [0.717, 1.165) is 36.4 Å². The van der Waals surface area contributed by atoms with Crippen molar-refractivity contribution in [1.82, 2.24) is 5.32 Å². The molecule has 2 rings (SSSR count). The fourth-order valence-electron chi connectivity index (χ4n) is 2.14. The van der Waals surface area contributed by atoms with Crippen LogP contribution in [0.2, 0.25) is 5.02 Å². The van der Waals surface area contributed by atoms with Crippen LogP contribution in [0.15, 0.2) is 42.5 Å². The first-order chi connectivity index (χ1) is 10.2. The molecule has 112 valence electrons. The molecule has 1 N–H and O–H groups in total. The van der Waals surface area contributed by atoms with E-state index in [0.29, 0.717) is 11.6 Å². The molecule has 0 saturated heterocycles. The summed E-state index contributed by atoms with van der Waals surface area (Å²) in [6, 6.07) is 14.4. The summed E-state index contributed by atoms with van der Waals surface area (Å²) < 4.78 is 5.95. The van der Waals surface area contributed by atoms with Crippen LogP contribution in [-0.2, 0) is 19.6 Å². The molecule has 3 heteroatoms. The Bertz CT molecular complexity index is 566. The average Bonchev–Trinajstić information content (AvgIpc) is 2.52. The van der Waals surface area contributed by atoms with Gasteiger partial charge in [0.15, 0.2) is 0 Å². The van der Waals surface area contributed by atoms with E-state index in [-0.39, 0.29) is 0 Å². The van der Waals surface area contributed by atoms with Gasteiger partial charge in [0.1, 0.15) is 12.4 Å². The number of aryl methyl sites for hydroxylation is 1. The minimum Gasteiger partial charge on any atom is -0.487 e. The summed E-state index contributed by atoms with van der Waals surface area (Å²) in [6.45, 7) is 6.46. The zero-order chi connectivity index (χ0) is 15.1. The van der Waals surface area contributed by atoms with Crippen molar-refractivity contribution in [1.29, 1.82) is 0 Å². The third-order valence-electron chi connectivity index (χ3n) is 3.43. The van der Waals surface area contributed by atoms with Crippen LogP contribution in [-0.4, -0.2) is 6.54 Å². The number of hydrogen-bond acceptors (Lipinski definition) is 2. The van der Waals surface area contributed by atoms with Gasteiger partial charge in [-0.3, -0.25) is 0 Å². The molecule has 0 amide bonds. The lowest BCUT2D eigenvalue weighted by Gasteiger charge is -2.13. The van der Waals surface area contributed by atoms with E-state index in [4.69, 9.17) is 16.3 Å². The molecular formula is C18H22ClNO. The van der Waals surface area contributed by atoms with Gasteiger partial charge in [0.05, 0.1) is 5.02 Å². The van der Waals surface area contributed by atoms with Gasteiger partial charge in [-0.2, -0.15) is 0 Å². The van der Waals surface area contributed by atoms with Crippen LogP contribution in [0.5, 0.6) is 5.75 Å². The van der Waals surface area contributed by atoms with Gasteiger partial charge in [0.25, 0.3) is 0 Å². The molecule has 0 heterocycles. The fraction of sp³-hybridized carbons (Fsp3) is 0.333.